The van der Waals surface area contributed by atoms with Crippen molar-refractivity contribution in [3.63, 3.8) is 0 Å². The van der Waals surface area contributed by atoms with Crippen LogP contribution in [0.4, 0.5) is 0 Å². The lowest BCUT2D eigenvalue weighted by Gasteiger charge is -2.29. The number of hydrogen-bond acceptors (Lipinski definition) is 0. The molecule has 0 aliphatic heterocycles. The van der Waals surface area contributed by atoms with Gasteiger partial charge in [0.2, 0.25) is 0 Å². The fraction of sp³-hybridized carbons (Fsp3) is 0.500. The van der Waals surface area contributed by atoms with Crippen LogP contribution in [0.3, 0.4) is 0 Å². The van der Waals surface area contributed by atoms with Crippen molar-refractivity contribution in [2.75, 3.05) is 0 Å². The summed E-state index contributed by atoms with van der Waals surface area (Å²) in [5, 5.41) is 2.85. The van der Waals surface area contributed by atoms with Crippen LogP contribution in [0, 0.1) is 13.8 Å². The van der Waals surface area contributed by atoms with Crippen molar-refractivity contribution in [1.82, 2.24) is 0 Å². The zero-order valence-corrected chi connectivity index (χ0v) is 14.3. The van der Waals surface area contributed by atoms with Gasteiger partial charge in [-0.2, -0.15) is 0 Å². The minimum Gasteiger partial charge on any atom is -0.0587 e. The van der Waals surface area contributed by atoms with Gasteiger partial charge in [0.05, 0.1) is 0 Å². The van der Waals surface area contributed by atoms with Crippen molar-refractivity contribution in [2.24, 2.45) is 0 Å². The van der Waals surface area contributed by atoms with Gasteiger partial charge in [-0.25, -0.2) is 0 Å². The van der Waals surface area contributed by atoms with E-state index < -0.39 is 0 Å². The molecule has 0 fully saturated rings. The minimum absolute atomic E-state index is 0.174. The summed E-state index contributed by atoms with van der Waals surface area (Å²) in [4.78, 5) is 0. The number of hydrogen-bond donors (Lipinski definition) is 0. The average Bonchev–Trinajstić information content (AvgIpc) is 2.25. The van der Waals surface area contributed by atoms with Crippen molar-refractivity contribution in [1.29, 1.82) is 0 Å². The molecule has 2 aromatic carbocycles. The SMILES string of the molecule is Cc1ccc2c(C(C)(C)C)c(C)cc(C(C)(C)C)c2c1. The topological polar surface area (TPSA) is 0 Å². The van der Waals surface area contributed by atoms with E-state index in [1.165, 1.54) is 33.0 Å². The molecule has 0 amide bonds. The first kappa shape index (κ1) is 15.1. The lowest BCUT2D eigenvalue weighted by atomic mass is 9.75. The van der Waals surface area contributed by atoms with Crippen molar-refractivity contribution >= 4 is 10.8 Å². The summed E-state index contributed by atoms with van der Waals surface area (Å²) in [7, 11) is 0. The molecular weight excluding hydrogens is 240 g/mol. The van der Waals surface area contributed by atoms with E-state index in [1.807, 2.05) is 0 Å². The predicted octanol–water partition coefficient (Wildman–Crippen LogP) is 6.05. The van der Waals surface area contributed by atoms with Gasteiger partial charge in [-0.05, 0) is 52.1 Å². The van der Waals surface area contributed by atoms with Gasteiger partial charge >= 0.3 is 0 Å². The molecule has 0 aliphatic rings. The maximum absolute atomic E-state index is 2.41. The van der Waals surface area contributed by atoms with Gasteiger partial charge in [-0.15, -0.1) is 0 Å². The lowest BCUT2D eigenvalue weighted by Crippen LogP contribution is -2.18. The van der Waals surface area contributed by atoms with Crippen molar-refractivity contribution in [3.8, 4) is 0 Å². The van der Waals surface area contributed by atoms with Gasteiger partial charge in [-0.3, -0.25) is 0 Å². The molecule has 0 saturated heterocycles. The van der Waals surface area contributed by atoms with Crippen LogP contribution in [0.2, 0.25) is 0 Å². The number of aryl methyl sites for hydroxylation is 2. The van der Waals surface area contributed by atoms with E-state index in [-0.39, 0.29) is 10.8 Å². The van der Waals surface area contributed by atoms with E-state index in [0.29, 0.717) is 0 Å². The fourth-order valence-electron chi connectivity index (χ4n) is 3.29. The summed E-state index contributed by atoms with van der Waals surface area (Å²) in [5.41, 5.74) is 6.05. The Balaban J connectivity index is 2.98. The quantitative estimate of drug-likeness (QED) is 0.545. The van der Waals surface area contributed by atoms with Crippen molar-refractivity contribution < 1.29 is 0 Å². The molecule has 0 aromatic heterocycles. The highest BCUT2D eigenvalue weighted by atomic mass is 14.3. The van der Waals surface area contributed by atoms with Crippen LogP contribution in [0.1, 0.15) is 63.8 Å². The maximum atomic E-state index is 2.41. The summed E-state index contributed by atoms with van der Waals surface area (Å²) in [6, 6.07) is 9.31. The molecule has 0 heteroatoms. The van der Waals surface area contributed by atoms with Crippen LogP contribution < -0.4 is 0 Å². The second kappa shape index (κ2) is 4.62. The lowest BCUT2D eigenvalue weighted by molar-refractivity contribution is 0.582. The fourth-order valence-corrected chi connectivity index (χ4v) is 3.29. The molecule has 108 valence electrons. The van der Waals surface area contributed by atoms with Gasteiger partial charge in [0.25, 0.3) is 0 Å². The van der Waals surface area contributed by atoms with Crippen LogP contribution >= 0.6 is 0 Å². The van der Waals surface area contributed by atoms with Crippen LogP contribution in [0.15, 0.2) is 24.3 Å². The highest BCUT2D eigenvalue weighted by Crippen LogP contribution is 2.39. The number of rotatable bonds is 0. The second-order valence-electron chi connectivity index (χ2n) is 8.17. The minimum atomic E-state index is 0.174. The third kappa shape index (κ3) is 2.61. The standard InChI is InChI=1S/C20H28/c1-13-9-10-15-16(11-13)17(19(3,4)5)12-14(2)18(15)20(6,7)8/h9-12H,1-8H3. The Morgan fingerprint density at radius 1 is 0.700 bits per heavy atom. The molecule has 0 unspecified atom stereocenters. The Morgan fingerprint density at radius 2 is 1.30 bits per heavy atom. The summed E-state index contributed by atoms with van der Waals surface area (Å²) in [6.45, 7) is 18.3. The predicted molar refractivity (Wildman–Crippen MR) is 90.8 cm³/mol. The molecule has 0 aliphatic carbocycles. The van der Waals surface area contributed by atoms with Crippen LogP contribution in [-0.2, 0) is 10.8 Å². The monoisotopic (exact) mass is 268 g/mol. The third-order valence-electron chi connectivity index (χ3n) is 4.05. The highest BCUT2D eigenvalue weighted by Gasteiger charge is 2.24. The molecule has 0 bridgehead atoms. The Kier molecular flexibility index (Phi) is 3.48. The smallest absolute Gasteiger partial charge is 0.0123 e. The van der Waals surface area contributed by atoms with Crippen molar-refractivity contribution in [3.05, 3.63) is 46.5 Å². The molecule has 0 spiro atoms. The van der Waals surface area contributed by atoms with Gasteiger partial charge in [0.1, 0.15) is 0 Å². The molecule has 2 rings (SSSR count). The van der Waals surface area contributed by atoms with Gasteiger partial charge in [0.15, 0.2) is 0 Å². The Hall–Kier alpha value is -1.30. The first-order valence-electron chi connectivity index (χ1n) is 7.57. The maximum Gasteiger partial charge on any atom is -0.0123 e. The molecule has 0 atom stereocenters. The van der Waals surface area contributed by atoms with Crippen LogP contribution in [-0.4, -0.2) is 0 Å². The molecule has 0 heterocycles. The molecule has 0 N–H and O–H groups in total. The first-order chi connectivity index (χ1) is 9.01. The average molecular weight is 268 g/mol. The Morgan fingerprint density at radius 3 is 1.80 bits per heavy atom. The van der Waals surface area contributed by atoms with E-state index in [1.54, 1.807) is 0 Å². The molecule has 0 nitrogen and oxygen atoms in total. The third-order valence-corrected chi connectivity index (χ3v) is 4.05. The van der Waals surface area contributed by atoms with E-state index in [0.717, 1.165) is 0 Å². The summed E-state index contributed by atoms with van der Waals surface area (Å²) >= 11 is 0. The second-order valence-corrected chi connectivity index (χ2v) is 8.17. The highest BCUT2D eigenvalue weighted by molar-refractivity contribution is 5.92. The van der Waals surface area contributed by atoms with Gasteiger partial charge in [0, 0.05) is 0 Å². The normalized spacial score (nSPS) is 13.0. The van der Waals surface area contributed by atoms with E-state index >= 15 is 0 Å². The molecular formula is C20H28. The Labute approximate surface area is 124 Å². The molecule has 0 saturated carbocycles. The number of benzene rings is 2. The Bertz CT molecular complexity index is 646. The molecule has 20 heavy (non-hydrogen) atoms. The first-order valence-corrected chi connectivity index (χ1v) is 7.57. The molecule has 2 aromatic rings. The zero-order chi connectivity index (χ0) is 15.3. The van der Waals surface area contributed by atoms with Crippen LogP contribution in [0.25, 0.3) is 10.8 Å². The summed E-state index contributed by atoms with van der Waals surface area (Å²) in [6.07, 6.45) is 0. The zero-order valence-electron chi connectivity index (χ0n) is 14.3. The van der Waals surface area contributed by atoms with Gasteiger partial charge in [-0.1, -0.05) is 71.4 Å². The van der Waals surface area contributed by atoms with E-state index in [9.17, 15) is 0 Å². The molecule has 0 radical (unpaired) electrons. The van der Waals surface area contributed by atoms with Crippen LogP contribution in [0.5, 0.6) is 0 Å². The van der Waals surface area contributed by atoms with E-state index in [4.69, 9.17) is 0 Å². The van der Waals surface area contributed by atoms with Gasteiger partial charge < -0.3 is 0 Å². The summed E-state index contributed by atoms with van der Waals surface area (Å²) < 4.78 is 0. The van der Waals surface area contributed by atoms with Crippen molar-refractivity contribution in [2.45, 2.75) is 66.2 Å². The van der Waals surface area contributed by atoms with E-state index in [2.05, 4.69) is 79.7 Å². The largest absolute Gasteiger partial charge is 0.0587 e. The number of fused-ring (bicyclic) bond motifs is 1. The summed E-state index contributed by atoms with van der Waals surface area (Å²) in [5.74, 6) is 0.